The van der Waals surface area contributed by atoms with Crippen molar-refractivity contribution in [1.82, 2.24) is 10.3 Å². The normalized spacial score (nSPS) is 10.9. The van der Waals surface area contributed by atoms with Gasteiger partial charge in [0.05, 0.1) is 5.56 Å². The van der Waals surface area contributed by atoms with E-state index in [4.69, 9.17) is 10.8 Å². The quantitative estimate of drug-likeness (QED) is 0.604. The Labute approximate surface area is 117 Å². The lowest BCUT2D eigenvalue weighted by Gasteiger charge is -2.19. The molecular weight excluding hydrogens is 260 g/mol. The van der Waals surface area contributed by atoms with Crippen LogP contribution in [-0.4, -0.2) is 35.2 Å². The van der Waals surface area contributed by atoms with Gasteiger partial charge in [0.15, 0.2) is 0 Å². The molecule has 0 fully saturated rings. The molecule has 1 heterocycles. The van der Waals surface area contributed by atoms with E-state index in [0.717, 1.165) is 0 Å². The van der Waals surface area contributed by atoms with Crippen molar-refractivity contribution in [1.29, 1.82) is 0 Å². The van der Waals surface area contributed by atoms with E-state index in [1.54, 1.807) is 6.07 Å². The Hall–Kier alpha value is -2.31. The van der Waals surface area contributed by atoms with Crippen LogP contribution in [0, 0.1) is 0 Å². The van der Waals surface area contributed by atoms with Crippen LogP contribution in [0.2, 0.25) is 0 Å². The van der Waals surface area contributed by atoms with Crippen molar-refractivity contribution < 1.29 is 14.7 Å². The molecule has 0 saturated heterocycles. The molecule has 0 unspecified atom stereocenters. The molecule has 7 heteroatoms. The minimum absolute atomic E-state index is 0.176. The van der Waals surface area contributed by atoms with Crippen molar-refractivity contribution in [3.63, 3.8) is 0 Å². The number of nitrogens with zero attached hydrogens (tertiary/aromatic N) is 1. The summed E-state index contributed by atoms with van der Waals surface area (Å²) in [5, 5.41) is 14.5. The molecule has 1 aromatic heterocycles. The lowest BCUT2D eigenvalue weighted by molar-refractivity contribution is 0.0696. The standard InChI is InChI=1S/C13H20N4O3/c1-13(2,3)9-6-8(11(18)19)7-10(17-9)15-4-5-16-12(14)20/h6-7H,4-5H2,1-3H3,(H,15,17)(H,18,19)(H3,14,16,20). The zero-order valence-corrected chi connectivity index (χ0v) is 11.9. The van der Waals surface area contributed by atoms with Gasteiger partial charge in [0.1, 0.15) is 5.82 Å². The average Bonchev–Trinajstić information content (AvgIpc) is 2.33. The van der Waals surface area contributed by atoms with Crippen LogP contribution in [0.25, 0.3) is 0 Å². The number of rotatable bonds is 5. The van der Waals surface area contributed by atoms with Gasteiger partial charge in [-0.3, -0.25) is 0 Å². The van der Waals surface area contributed by atoms with Gasteiger partial charge >= 0.3 is 12.0 Å². The molecule has 0 aliphatic rings. The number of anilines is 1. The van der Waals surface area contributed by atoms with E-state index in [-0.39, 0.29) is 11.0 Å². The highest BCUT2D eigenvalue weighted by molar-refractivity contribution is 5.88. The molecule has 7 nitrogen and oxygen atoms in total. The molecule has 0 aliphatic carbocycles. The Balaban J connectivity index is 2.87. The molecule has 0 bridgehead atoms. The maximum absolute atomic E-state index is 11.1. The zero-order valence-electron chi connectivity index (χ0n) is 11.9. The maximum atomic E-state index is 11.1. The third-order valence-corrected chi connectivity index (χ3v) is 2.57. The van der Waals surface area contributed by atoms with Crippen LogP contribution in [0.5, 0.6) is 0 Å². The summed E-state index contributed by atoms with van der Waals surface area (Å²) in [6.45, 7) is 6.61. The second-order valence-electron chi connectivity index (χ2n) is 5.40. The van der Waals surface area contributed by atoms with Crippen LogP contribution >= 0.6 is 0 Å². The number of nitrogens with one attached hydrogen (secondary N) is 2. The van der Waals surface area contributed by atoms with E-state index < -0.39 is 12.0 Å². The Kier molecular flexibility index (Phi) is 4.90. The lowest BCUT2D eigenvalue weighted by atomic mass is 9.91. The SMILES string of the molecule is CC(C)(C)c1cc(C(=O)O)cc(NCCNC(N)=O)n1. The van der Waals surface area contributed by atoms with E-state index in [1.807, 2.05) is 20.8 Å². The van der Waals surface area contributed by atoms with Crippen molar-refractivity contribution in [3.05, 3.63) is 23.4 Å². The molecule has 20 heavy (non-hydrogen) atoms. The van der Waals surface area contributed by atoms with Crippen molar-refractivity contribution in [3.8, 4) is 0 Å². The fourth-order valence-corrected chi connectivity index (χ4v) is 1.51. The number of carboxylic acids is 1. The highest BCUT2D eigenvalue weighted by atomic mass is 16.4. The lowest BCUT2D eigenvalue weighted by Crippen LogP contribution is -2.33. The maximum Gasteiger partial charge on any atom is 0.335 e. The first-order valence-corrected chi connectivity index (χ1v) is 6.23. The van der Waals surface area contributed by atoms with Crippen molar-refractivity contribution in [2.45, 2.75) is 26.2 Å². The molecular formula is C13H20N4O3. The minimum Gasteiger partial charge on any atom is -0.478 e. The number of aromatic carboxylic acids is 1. The Bertz CT molecular complexity index is 509. The smallest absolute Gasteiger partial charge is 0.335 e. The second-order valence-corrected chi connectivity index (χ2v) is 5.40. The molecule has 0 aromatic carbocycles. The van der Waals surface area contributed by atoms with Gasteiger partial charge in [-0.25, -0.2) is 14.6 Å². The first-order valence-electron chi connectivity index (χ1n) is 6.23. The monoisotopic (exact) mass is 280 g/mol. The first-order chi connectivity index (χ1) is 9.20. The molecule has 2 amide bonds. The van der Waals surface area contributed by atoms with Crippen LogP contribution in [0.15, 0.2) is 12.1 Å². The van der Waals surface area contributed by atoms with Gasteiger partial charge < -0.3 is 21.5 Å². The van der Waals surface area contributed by atoms with E-state index >= 15 is 0 Å². The highest BCUT2D eigenvalue weighted by Crippen LogP contribution is 2.23. The van der Waals surface area contributed by atoms with Crippen LogP contribution in [0.4, 0.5) is 10.6 Å². The number of amides is 2. The van der Waals surface area contributed by atoms with Gasteiger partial charge in [-0.2, -0.15) is 0 Å². The Morgan fingerprint density at radius 1 is 1.30 bits per heavy atom. The Morgan fingerprint density at radius 2 is 1.95 bits per heavy atom. The number of carbonyl (C=O) groups is 2. The molecule has 0 saturated carbocycles. The van der Waals surface area contributed by atoms with Gasteiger partial charge in [-0.15, -0.1) is 0 Å². The Morgan fingerprint density at radius 3 is 2.45 bits per heavy atom. The molecule has 1 aromatic rings. The number of urea groups is 1. The third kappa shape index (κ3) is 4.75. The molecule has 0 spiro atoms. The van der Waals surface area contributed by atoms with Crippen molar-refractivity contribution in [2.24, 2.45) is 5.73 Å². The van der Waals surface area contributed by atoms with Crippen LogP contribution in [0.3, 0.4) is 0 Å². The summed E-state index contributed by atoms with van der Waals surface area (Å²) >= 11 is 0. The molecule has 5 N–H and O–H groups in total. The average molecular weight is 280 g/mol. The van der Waals surface area contributed by atoms with Gasteiger partial charge in [0, 0.05) is 24.2 Å². The summed E-state index contributed by atoms with van der Waals surface area (Å²) in [5.74, 6) is -0.544. The van der Waals surface area contributed by atoms with E-state index in [1.165, 1.54) is 6.07 Å². The highest BCUT2D eigenvalue weighted by Gasteiger charge is 2.19. The molecule has 0 radical (unpaired) electrons. The number of aromatic nitrogens is 1. The number of hydrogen-bond acceptors (Lipinski definition) is 4. The molecule has 0 aliphatic heterocycles. The number of hydrogen-bond donors (Lipinski definition) is 4. The first kappa shape index (κ1) is 15.7. The van der Waals surface area contributed by atoms with E-state index in [0.29, 0.717) is 24.6 Å². The number of carboxylic acid groups (broad SMARTS) is 1. The summed E-state index contributed by atoms with van der Waals surface area (Å²) in [6.07, 6.45) is 0. The molecule has 1 rings (SSSR count). The minimum atomic E-state index is -1.00. The fourth-order valence-electron chi connectivity index (χ4n) is 1.51. The van der Waals surface area contributed by atoms with Crippen molar-refractivity contribution in [2.75, 3.05) is 18.4 Å². The number of pyridine rings is 1. The number of nitrogens with two attached hydrogens (primary N) is 1. The topological polar surface area (TPSA) is 117 Å². The van der Waals surface area contributed by atoms with Crippen LogP contribution < -0.4 is 16.4 Å². The summed E-state index contributed by atoms with van der Waals surface area (Å²) in [6, 6.07) is 2.42. The summed E-state index contributed by atoms with van der Waals surface area (Å²) in [5.41, 5.74) is 5.55. The van der Waals surface area contributed by atoms with Crippen molar-refractivity contribution >= 4 is 17.8 Å². The van der Waals surface area contributed by atoms with E-state index in [2.05, 4.69) is 15.6 Å². The van der Waals surface area contributed by atoms with Gasteiger partial charge in [-0.1, -0.05) is 20.8 Å². The van der Waals surface area contributed by atoms with Crippen LogP contribution in [0.1, 0.15) is 36.8 Å². The predicted molar refractivity (Wildman–Crippen MR) is 76.0 cm³/mol. The number of carbonyl (C=O) groups excluding carboxylic acids is 1. The second kappa shape index (κ2) is 6.23. The fraction of sp³-hybridized carbons (Fsp3) is 0.462. The van der Waals surface area contributed by atoms with Gasteiger partial charge in [0.2, 0.25) is 0 Å². The summed E-state index contributed by atoms with van der Waals surface area (Å²) in [7, 11) is 0. The largest absolute Gasteiger partial charge is 0.478 e. The van der Waals surface area contributed by atoms with Crippen LogP contribution in [-0.2, 0) is 5.41 Å². The van der Waals surface area contributed by atoms with Gasteiger partial charge in [0.25, 0.3) is 0 Å². The molecule has 0 atom stereocenters. The predicted octanol–water partition coefficient (Wildman–Crippen LogP) is 1.16. The number of primary amides is 1. The van der Waals surface area contributed by atoms with E-state index in [9.17, 15) is 9.59 Å². The summed E-state index contributed by atoms with van der Waals surface area (Å²) < 4.78 is 0. The molecule has 110 valence electrons. The van der Waals surface area contributed by atoms with Gasteiger partial charge in [-0.05, 0) is 12.1 Å². The summed E-state index contributed by atoms with van der Waals surface area (Å²) in [4.78, 5) is 26.0. The third-order valence-electron chi connectivity index (χ3n) is 2.57. The zero-order chi connectivity index (χ0) is 15.3.